The lowest BCUT2D eigenvalue weighted by atomic mass is 9.82. The van der Waals surface area contributed by atoms with E-state index in [-0.39, 0.29) is 44.3 Å². The van der Waals surface area contributed by atoms with Crippen LogP contribution in [0.25, 0.3) is 0 Å². The Labute approximate surface area is 308 Å². The molecule has 284 valence electrons. The van der Waals surface area contributed by atoms with Crippen LogP contribution in [0.5, 0.6) is 0 Å². The van der Waals surface area contributed by atoms with Gasteiger partial charge in [-0.25, -0.2) is 0 Å². The van der Waals surface area contributed by atoms with Gasteiger partial charge in [0.05, 0.1) is 31.4 Å². The number of fused-ring (bicyclic) bond motifs is 2. The summed E-state index contributed by atoms with van der Waals surface area (Å²) < 4.78 is 12.0. The van der Waals surface area contributed by atoms with Crippen LogP contribution in [0.15, 0.2) is 78.9 Å². The zero-order valence-electron chi connectivity index (χ0n) is 29.8. The molecule has 3 aromatic carbocycles. The molecule has 3 aliphatic rings. The van der Waals surface area contributed by atoms with Crippen molar-refractivity contribution in [2.24, 2.45) is 5.92 Å². The summed E-state index contributed by atoms with van der Waals surface area (Å²) in [6.45, 7) is 5.58. The molecule has 14 nitrogen and oxygen atoms in total. The highest BCUT2D eigenvalue weighted by Crippen LogP contribution is 2.60. The lowest BCUT2D eigenvalue weighted by molar-refractivity contribution is -0.274. The molecular weight excluding hydrogens is 703 g/mol. The molecule has 2 fully saturated rings. The number of hydrogen-bond acceptors (Lipinski definition) is 11. The topological polar surface area (TPSA) is 210 Å². The quantitative estimate of drug-likeness (QED) is 0.139. The first-order valence-electron chi connectivity index (χ1n) is 17.7. The molecule has 15 heteroatoms. The van der Waals surface area contributed by atoms with Crippen LogP contribution in [0.1, 0.15) is 30.0 Å². The molecule has 3 aliphatic heterocycles. The Balaban J connectivity index is 1.37. The van der Waals surface area contributed by atoms with Crippen LogP contribution >= 0.6 is 0 Å². The maximum Gasteiger partial charge on any atom is 0.264 e. The van der Waals surface area contributed by atoms with Crippen molar-refractivity contribution in [2.45, 2.75) is 87.5 Å². The maximum absolute atomic E-state index is 14.9. The maximum atomic E-state index is 14.9. The van der Waals surface area contributed by atoms with Gasteiger partial charge in [0.2, 0.25) is 5.91 Å². The number of amides is 3. The number of anilines is 2. The summed E-state index contributed by atoms with van der Waals surface area (Å²) in [5.41, 5.74) is 0.530. The Morgan fingerprint density at radius 2 is 1.57 bits per heavy atom. The van der Waals surface area contributed by atoms with Crippen LogP contribution in [0.4, 0.5) is 11.4 Å². The van der Waals surface area contributed by atoms with Crippen LogP contribution in [0.3, 0.4) is 0 Å². The zero-order valence-corrected chi connectivity index (χ0v) is 30.8. The van der Waals surface area contributed by atoms with Gasteiger partial charge in [-0.3, -0.25) is 14.4 Å². The number of aliphatic hydroxyl groups is 5. The summed E-state index contributed by atoms with van der Waals surface area (Å²) in [5.74, 6) is -2.27. The molecule has 9 atom stereocenters. The molecule has 2 saturated heterocycles. The molecular formula is C38H47N3O11Si. The Kier molecular flexibility index (Phi) is 11.2. The van der Waals surface area contributed by atoms with Gasteiger partial charge in [0.15, 0.2) is 26.3 Å². The number of hydrogen-bond donors (Lipinski definition) is 7. The molecule has 0 radical (unpaired) electrons. The second-order valence-corrected chi connectivity index (χ2v) is 18.6. The van der Waals surface area contributed by atoms with Gasteiger partial charge in [0.1, 0.15) is 18.3 Å². The highest BCUT2D eigenvalue weighted by atomic mass is 28.4. The Morgan fingerprint density at radius 1 is 0.925 bits per heavy atom. The summed E-state index contributed by atoms with van der Waals surface area (Å²) in [6.07, 6.45) is -10.2. The highest BCUT2D eigenvalue weighted by Gasteiger charge is 2.66. The average Bonchev–Trinajstić information content (AvgIpc) is 3.55. The van der Waals surface area contributed by atoms with E-state index in [4.69, 9.17) is 9.47 Å². The minimum Gasteiger partial charge on any atom is -0.432 e. The number of nitrogens with one attached hydrogen (secondary N) is 1. The number of aliphatic hydroxyl groups excluding tert-OH is 5. The number of rotatable bonds is 11. The molecule has 0 bridgehead atoms. The van der Waals surface area contributed by atoms with E-state index in [1.54, 1.807) is 36.2 Å². The smallest absolute Gasteiger partial charge is 0.264 e. The minimum atomic E-state index is -3.17. The number of nitrogens with zero attached hydrogens (tertiary/aromatic N) is 2. The fourth-order valence-electron chi connectivity index (χ4n) is 8.09. The molecule has 0 saturated carbocycles. The van der Waals surface area contributed by atoms with Gasteiger partial charge >= 0.3 is 0 Å². The predicted molar refractivity (Wildman–Crippen MR) is 194 cm³/mol. The SMILES string of the molecule is C[C@H]1[C@H]([Si](C)(C)O)[C@@H](CC(=O)N(CCO)Cc2ccccc2)O[C@]12C(=O)N(Cc1ccccc1)c1ccc(NC(=O)[C@H]3O[C@@H](O)[C@H](O)[C@@H](O)[C@@H]3O)cc12. The molecule has 53 heavy (non-hydrogen) atoms. The normalized spacial score (nSPS) is 29.7. The molecule has 0 aliphatic carbocycles. The van der Waals surface area contributed by atoms with Crippen LogP contribution in [-0.4, -0.2) is 111 Å². The summed E-state index contributed by atoms with van der Waals surface area (Å²) in [4.78, 5) is 57.1. The molecule has 3 amide bonds. The molecule has 3 heterocycles. The first-order valence-corrected chi connectivity index (χ1v) is 20.7. The molecule has 6 rings (SSSR count). The minimum absolute atomic E-state index is 0.0772. The van der Waals surface area contributed by atoms with Crippen molar-refractivity contribution in [1.29, 1.82) is 0 Å². The fraction of sp³-hybridized carbons (Fsp3) is 0.447. The Morgan fingerprint density at radius 3 is 2.19 bits per heavy atom. The second kappa shape index (κ2) is 15.4. The van der Waals surface area contributed by atoms with E-state index in [2.05, 4.69) is 5.32 Å². The summed E-state index contributed by atoms with van der Waals surface area (Å²) in [6, 6.07) is 23.5. The van der Waals surface area contributed by atoms with Crippen molar-refractivity contribution in [3.05, 3.63) is 95.6 Å². The predicted octanol–water partition coefficient (Wildman–Crippen LogP) is 1.18. The molecule has 1 spiro atoms. The zero-order chi connectivity index (χ0) is 38.2. The largest absolute Gasteiger partial charge is 0.432 e. The van der Waals surface area contributed by atoms with E-state index in [1.807, 2.05) is 67.6 Å². The van der Waals surface area contributed by atoms with Crippen molar-refractivity contribution in [2.75, 3.05) is 23.4 Å². The van der Waals surface area contributed by atoms with Gasteiger partial charge in [-0.15, -0.1) is 0 Å². The highest BCUT2D eigenvalue weighted by molar-refractivity contribution is 6.71. The third-order valence-corrected chi connectivity index (χ3v) is 13.1. The number of benzene rings is 3. The van der Waals surface area contributed by atoms with E-state index in [0.29, 0.717) is 11.3 Å². The third-order valence-electron chi connectivity index (χ3n) is 10.6. The van der Waals surface area contributed by atoms with Crippen LogP contribution < -0.4 is 10.2 Å². The second-order valence-electron chi connectivity index (χ2n) is 14.6. The summed E-state index contributed by atoms with van der Waals surface area (Å²) in [5, 5.41) is 53.0. The lowest BCUT2D eigenvalue weighted by Crippen LogP contribution is -2.60. The van der Waals surface area contributed by atoms with E-state index >= 15 is 0 Å². The van der Waals surface area contributed by atoms with Crippen molar-refractivity contribution < 1.29 is 54.2 Å². The van der Waals surface area contributed by atoms with Crippen LogP contribution in [0, 0.1) is 5.92 Å². The average molecular weight is 750 g/mol. The number of ether oxygens (including phenoxy) is 2. The first kappa shape index (κ1) is 38.7. The monoisotopic (exact) mass is 749 g/mol. The molecule has 7 N–H and O–H groups in total. The van der Waals surface area contributed by atoms with Crippen LogP contribution in [0.2, 0.25) is 18.6 Å². The van der Waals surface area contributed by atoms with Gasteiger partial charge < -0.3 is 54.9 Å². The number of carbonyl (C=O) groups excluding carboxylic acids is 3. The van der Waals surface area contributed by atoms with Gasteiger partial charge in [-0.2, -0.15) is 0 Å². The third kappa shape index (κ3) is 7.41. The molecule has 0 aromatic heterocycles. The summed E-state index contributed by atoms with van der Waals surface area (Å²) >= 11 is 0. The van der Waals surface area contributed by atoms with E-state index < -0.39 is 74.0 Å². The van der Waals surface area contributed by atoms with Crippen LogP contribution in [-0.2, 0) is 42.5 Å². The van der Waals surface area contributed by atoms with Crippen molar-refractivity contribution in [3.8, 4) is 0 Å². The van der Waals surface area contributed by atoms with Gasteiger partial charge in [0.25, 0.3) is 11.8 Å². The van der Waals surface area contributed by atoms with E-state index in [9.17, 15) is 44.7 Å². The van der Waals surface area contributed by atoms with Gasteiger partial charge in [-0.05, 0) is 42.4 Å². The molecule has 3 aromatic rings. The van der Waals surface area contributed by atoms with E-state index in [0.717, 1.165) is 11.1 Å². The standard InChI is InChI=1S/C38H47N3O11Si/c1-22-34(53(2,3)50)28(19-29(43)40(16-17-42)20-23-10-6-4-7-11-23)52-38(22)26-18-25(39-35(47)33-31(45)30(44)32(46)36(48)51-33)14-15-27(26)41(37(38)49)21-24-12-8-5-9-13-24/h4-15,18,22,28,30-34,36,42,44-46,48,50H,16-17,19-21H2,1-3H3,(H,39,47)/t22-,28+,30-,31-,32+,33-,34-,36+,38+/m0/s1. The first-order chi connectivity index (χ1) is 25.2. The Hall–Kier alpha value is -4.03. The fourth-order valence-corrected chi connectivity index (χ4v) is 10.6. The van der Waals surface area contributed by atoms with Crippen molar-refractivity contribution in [3.63, 3.8) is 0 Å². The van der Waals surface area contributed by atoms with Gasteiger partial charge in [-0.1, -0.05) is 67.6 Å². The van der Waals surface area contributed by atoms with E-state index in [1.165, 1.54) is 4.90 Å². The van der Waals surface area contributed by atoms with Crippen molar-refractivity contribution >= 4 is 37.4 Å². The molecule has 0 unspecified atom stereocenters. The Bertz CT molecular complexity index is 1790. The summed E-state index contributed by atoms with van der Waals surface area (Å²) in [7, 11) is -3.17. The van der Waals surface area contributed by atoms with Gasteiger partial charge in [0, 0.05) is 35.8 Å². The lowest BCUT2D eigenvalue weighted by Gasteiger charge is -2.37. The van der Waals surface area contributed by atoms with Crippen molar-refractivity contribution in [1.82, 2.24) is 4.90 Å². The number of carbonyl (C=O) groups is 3.